The molecule has 0 bridgehead atoms. The van der Waals surface area contributed by atoms with Gasteiger partial charge >= 0.3 is 0 Å². The molecule has 4 rings (SSSR count). The number of ether oxygens (including phenoxy) is 2. The molecular weight excluding hydrogens is 368 g/mol. The summed E-state index contributed by atoms with van der Waals surface area (Å²) in [4.78, 5) is 11.0. The molecule has 0 spiro atoms. The lowest BCUT2D eigenvalue weighted by Gasteiger charge is -2.29. The SMILES string of the molecule is COc1cc(N2CCOCC2)ccc1Nc1nc[c]c(Nc2ccccc2N)n1. The highest BCUT2D eigenvalue weighted by molar-refractivity contribution is 5.72. The molecule has 2 aromatic carbocycles. The summed E-state index contributed by atoms with van der Waals surface area (Å²) in [5.41, 5.74) is 9.25. The van der Waals surface area contributed by atoms with E-state index in [1.165, 1.54) is 0 Å². The number of benzene rings is 2. The third-order valence-corrected chi connectivity index (χ3v) is 4.63. The lowest BCUT2D eigenvalue weighted by Crippen LogP contribution is -2.36. The Morgan fingerprint density at radius 3 is 2.72 bits per heavy atom. The molecule has 0 aliphatic carbocycles. The third kappa shape index (κ3) is 4.49. The van der Waals surface area contributed by atoms with Crippen molar-refractivity contribution in [2.24, 2.45) is 0 Å². The minimum absolute atomic E-state index is 0.429. The second-order valence-electron chi connectivity index (χ2n) is 6.51. The van der Waals surface area contributed by atoms with Gasteiger partial charge in [-0.3, -0.25) is 0 Å². The molecule has 3 aromatic rings. The number of morpholine rings is 1. The monoisotopic (exact) mass is 391 g/mol. The molecule has 0 unspecified atom stereocenters. The quantitative estimate of drug-likeness (QED) is 0.551. The van der Waals surface area contributed by atoms with Crippen LogP contribution in [0.4, 0.5) is 34.5 Å². The van der Waals surface area contributed by atoms with Crippen LogP contribution in [0.3, 0.4) is 0 Å². The summed E-state index contributed by atoms with van der Waals surface area (Å²) in [5.74, 6) is 1.66. The van der Waals surface area contributed by atoms with E-state index < -0.39 is 0 Å². The van der Waals surface area contributed by atoms with Crippen molar-refractivity contribution in [1.82, 2.24) is 9.97 Å². The van der Waals surface area contributed by atoms with E-state index in [1.54, 1.807) is 13.3 Å². The van der Waals surface area contributed by atoms with Gasteiger partial charge in [-0.2, -0.15) is 4.98 Å². The number of para-hydroxylation sites is 2. The summed E-state index contributed by atoms with van der Waals surface area (Å²) in [6.45, 7) is 3.20. The summed E-state index contributed by atoms with van der Waals surface area (Å²) in [5, 5.41) is 6.37. The zero-order chi connectivity index (χ0) is 20.1. The molecule has 8 heteroatoms. The van der Waals surface area contributed by atoms with E-state index >= 15 is 0 Å². The second kappa shape index (κ2) is 8.66. The molecule has 2 heterocycles. The highest BCUT2D eigenvalue weighted by Gasteiger charge is 2.14. The first kappa shape index (κ1) is 18.8. The van der Waals surface area contributed by atoms with Gasteiger partial charge < -0.3 is 30.7 Å². The van der Waals surface area contributed by atoms with E-state index in [0.717, 1.165) is 43.4 Å². The van der Waals surface area contributed by atoms with Crippen LogP contribution in [0.15, 0.2) is 48.7 Å². The van der Waals surface area contributed by atoms with Crippen LogP contribution in [0.5, 0.6) is 5.75 Å². The minimum Gasteiger partial charge on any atom is -0.494 e. The normalized spacial score (nSPS) is 13.8. The summed E-state index contributed by atoms with van der Waals surface area (Å²) in [6.07, 6.45) is 1.56. The smallest absolute Gasteiger partial charge is 0.229 e. The largest absolute Gasteiger partial charge is 0.494 e. The van der Waals surface area contributed by atoms with Gasteiger partial charge in [0, 0.05) is 37.1 Å². The minimum atomic E-state index is 0.429. The average Bonchev–Trinajstić information content (AvgIpc) is 2.76. The number of anilines is 6. The Morgan fingerprint density at radius 1 is 1.10 bits per heavy atom. The van der Waals surface area contributed by atoms with Crippen molar-refractivity contribution in [1.29, 1.82) is 0 Å². The van der Waals surface area contributed by atoms with Crippen LogP contribution >= 0.6 is 0 Å². The summed E-state index contributed by atoms with van der Waals surface area (Å²) in [6, 6.07) is 16.5. The Kier molecular flexibility index (Phi) is 5.62. The number of methoxy groups -OCH3 is 1. The Bertz CT molecular complexity index is 975. The maximum atomic E-state index is 5.98. The van der Waals surface area contributed by atoms with Crippen molar-refractivity contribution in [2.75, 3.05) is 54.7 Å². The zero-order valence-electron chi connectivity index (χ0n) is 16.2. The highest BCUT2D eigenvalue weighted by Crippen LogP contribution is 2.32. The lowest BCUT2D eigenvalue weighted by atomic mass is 10.2. The molecule has 1 aliphatic rings. The predicted octanol–water partition coefficient (Wildman–Crippen LogP) is 3.19. The van der Waals surface area contributed by atoms with Crippen LogP contribution in [0.25, 0.3) is 0 Å². The molecule has 1 radical (unpaired) electrons. The van der Waals surface area contributed by atoms with Crippen LogP contribution in [0.2, 0.25) is 0 Å². The van der Waals surface area contributed by atoms with Crippen molar-refractivity contribution in [3.8, 4) is 5.75 Å². The van der Waals surface area contributed by atoms with Crippen molar-refractivity contribution < 1.29 is 9.47 Å². The maximum Gasteiger partial charge on any atom is 0.229 e. The van der Waals surface area contributed by atoms with Crippen LogP contribution in [-0.4, -0.2) is 43.4 Å². The molecule has 1 fully saturated rings. The Morgan fingerprint density at radius 2 is 1.93 bits per heavy atom. The van der Waals surface area contributed by atoms with Gasteiger partial charge in [-0.1, -0.05) is 12.1 Å². The number of hydrogen-bond donors (Lipinski definition) is 3. The Labute approximate surface area is 169 Å². The van der Waals surface area contributed by atoms with Gasteiger partial charge in [0.15, 0.2) is 0 Å². The number of nitrogens with one attached hydrogen (secondary N) is 2. The summed E-state index contributed by atoms with van der Waals surface area (Å²) < 4.78 is 11.0. The first-order valence-electron chi connectivity index (χ1n) is 9.37. The standard InChI is InChI=1S/C21H23N6O2/c1-28-19-14-15(27-10-12-29-13-11-27)6-7-18(19)25-21-23-9-8-20(26-21)24-17-5-3-2-4-16(17)22/h2-7,9,14H,10-13,22H2,1H3,(H2,23,24,25,26). The van der Waals surface area contributed by atoms with Gasteiger partial charge in [-0.05, 0) is 24.3 Å². The van der Waals surface area contributed by atoms with Crippen LogP contribution in [0.1, 0.15) is 0 Å². The topological polar surface area (TPSA) is 97.6 Å². The fourth-order valence-corrected chi connectivity index (χ4v) is 3.11. The molecule has 0 amide bonds. The molecule has 1 aliphatic heterocycles. The van der Waals surface area contributed by atoms with Crippen LogP contribution in [-0.2, 0) is 4.74 Å². The van der Waals surface area contributed by atoms with Gasteiger partial charge in [0.1, 0.15) is 11.6 Å². The zero-order valence-corrected chi connectivity index (χ0v) is 16.2. The number of nitrogen functional groups attached to an aromatic ring is 1. The molecule has 1 aromatic heterocycles. The van der Waals surface area contributed by atoms with Gasteiger partial charge in [-0.25, -0.2) is 4.98 Å². The van der Waals surface area contributed by atoms with E-state index in [-0.39, 0.29) is 0 Å². The van der Waals surface area contributed by atoms with Crippen LogP contribution in [0, 0.1) is 6.07 Å². The summed E-state index contributed by atoms with van der Waals surface area (Å²) >= 11 is 0. The number of nitrogens with zero attached hydrogens (tertiary/aromatic N) is 3. The third-order valence-electron chi connectivity index (χ3n) is 4.63. The molecule has 149 valence electrons. The number of hydrogen-bond acceptors (Lipinski definition) is 8. The van der Waals surface area contributed by atoms with E-state index in [2.05, 4.69) is 37.6 Å². The second-order valence-corrected chi connectivity index (χ2v) is 6.51. The van der Waals surface area contributed by atoms with Crippen molar-refractivity contribution in [3.63, 3.8) is 0 Å². The molecule has 8 nitrogen and oxygen atoms in total. The molecule has 29 heavy (non-hydrogen) atoms. The number of aromatic nitrogens is 2. The number of nitrogens with two attached hydrogens (primary N) is 1. The predicted molar refractivity (Wildman–Crippen MR) is 114 cm³/mol. The lowest BCUT2D eigenvalue weighted by molar-refractivity contribution is 0.122. The highest BCUT2D eigenvalue weighted by atomic mass is 16.5. The molecule has 0 saturated carbocycles. The number of rotatable bonds is 6. The molecule has 0 atom stereocenters. The maximum absolute atomic E-state index is 5.98. The van der Waals surface area contributed by atoms with Crippen LogP contribution < -0.4 is 26.0 Å². The van der Waals surface area contributed by atoms with Gasteiger partial charge in [0.25, 0.3) is 0 Å². The Hall–Kier alpha value is -3.52. The van der Waals surface area contributed by atoms with E-state index in [9.17, 15) is 0 Å². The average molecular weight is 391 g/mol. The fourth-order valence-electron chi connectivity index (χ4n) is 3.11. The van der Waals surface area contributed by atoms with Crippen molar-refractivity contribution >= 4 is 34.5 Å². The molecule has 1 saturated heterocycles. The van der Waals surface area contributed by atoms with Gasteiger partial charge in [0.05, 0.1) is 37.4 Å². The molecular formula is C21H23N6O2. The fraction of sp³-hybridized carbons (Fsp3) is 0.238. The van der Waals surface area contributed by atoms with Gasteiger partial charge in [0.2, 0.25) is 5.95 Å². The van der Waals surface area contributed by atoms with E-state index in [4.69, 9.17) is 15.2 Å². The van der Waals surface area contributed by atoms with E-state index in [1.807, 2.05) is 36.4 Å². The first-order chi connectivity index (χ1) is 14.2. The van der Waals surface area contributed by atoms with Crippen molar-refractivity contribution in [2.45, 2.75) is 0 Å². The van der Waals surface area contributed by atoms with E-state index in [0.29, 0.717) is 23.2 Å². The van der Waals surface area contributed by atoms with Gasteiger partial charge in [-0.15, -0.1) is 0 Å². The summed E-state index contributed by atoms with van der Waals surface area (Å²) in [7, 11) is 1.65. The Balaban J connectivity index is 1.52. The molecule has 4 N–H and O–H groups in total. The first-order valence-corrected chi connectivity index (χ1v) is 9.37. The van der Waals surface area contributed by atoms with Crippen molar-refractivity contribution in [3.05, 3.63) is 54.7 Å².